The number of amides is 2. The van der Waals surface area contributed by atoms with Crippen LogP contribution < -0.4 is 15.1 Å². The summed E-state index contributed by atoms with van der Waals surface area (Å²) in [5.41, 5.74) is 1.87. The van der Waals surface area contributed by atoms with E-state index in [-0.39, 0.29) is 34.4 Å². The van der Waals surface area contributed by atoms with Crippen LogP contribution in [0.1, 0.15) is 38.1 Å². The van der Waals surface area contributed by atoms with Crippen molar-refractivity contribution < 1.29 is 28.7 Å². The zero-order valence-electron chi connectivity index (χ0n) is 19.4. The maximum Gasteiger partial charge on any atom is 0.341 e. The van der Waals surface area contributed by atoms with Gasteiger partial charge in [0.15, 0.2) is 0 Å². The summed E-state index contributed by atoms with van der Waals surface area (Å²) >= 11 is 1.01. The molecule has 0 aliphatic carbocycles. The van der Waals surface area contributed by atoms with E-state index in [4.69, 9.17) is 14.3 Å². The van der Waals surface area contributed by atoms with Gasteiger partial charge in [-0.05, 0) is 49.2 Å². The Kier molecular flexibility index (Phi) is 8.39. The monoisotopic (exact) mass is 482 g/mol. The van der Waals surface area contributed by atoms with Gasteiger partial charge in [0, 0.05) is 0 Å². The van der Waals surface area contributed by atoms with E-state index in [1.807, 2.05) is 6.07 Å². The van der Waals surface area contributed by atoms with Crippen LogP contribution in [0.15, 0.2) is 54.6 Å². The van der Waals surface area contributed by atoms with Crippen molar-refractivity contribution in [3.05, 3.63) is 76.2 Å². The molecule has 178 valence electrons. The Bertz CT molecular complexity index is 1160. The molecule has 0 aliphatic rings. The molecule has 0 unspecified atom stereocenters. The van der Waals surface area contributed by atoms with Crippen LogP contribution in [0.5, 0.6) is 5.75 Å². The van der Waals surface area contributed by atoms with E-state index in [1.54, 1.807) is 69.5 Å². The van der Waals surface area contributed by atoms with Gasteiger partial charge in [-0.1, -0.05) is 30.3 Å². The fourth-order valence-corrected chi connectivity index (χ4v) is 4.45. The number of thiophene rings is 1. The zero-order valence-corrected chi connectivity index (χ0v) is 20.2. The van der Waals surface area contributed by atoms with Crippen LogP contribution in [0.3, 0.4) is 0 Å². The molecule has 2 amide bonds. The predicted octanol–water partition coefficient (Wildman–Crippen LogP) is 4.63. The average molecular weight is 483 g/mol. The maximum atomic E-state index is 13.3. The van der Waals surface area contributed by atoms with E-state index in [9.17, 15) is 14.4 Å². The topological polar surface area (TPSA) is 94.2 Å². The third kappa shape index (κ3) is 5.62. The first-order chi connectivity index (χ1) is 16.4. The minimum atomic E-state index is -0.612. The van der Waals surface area contributed by atoms with E-state index in [0.717, 1.165) is 22.0 Å². The molecule has 34 heavy (non-hydrogen) atoms. The predicted molar refractivity (Wildman–Crippen MR) is 131 cm³/mol. The molecule has 0 aliphatic heterocycles. The largest absolute Gasteiger partial charge is 0.497 e. The number of anilines is 2. The summed E-state index contributed by atoms with van der Waals surface area (Å²) in [6.45, 7) is 3.49. The van der Waals surface area contributed by atoms with E-state index in [0.29, 0.717) is 17.0 Å². The van der Waals surface area contributed by atoms with Gasteiger partial charge >= 0.3 is 5.97 Å². The molecule has 3 rings (SSSR count). The van der Waals surface area contributed by atoms with Gasteiger partial charge in [0.25, 0.3) is 5.91 Å². The van der Waals surface area contributed by atoms with Crippen molar-refractivity contribution in [3.63, 3.8) is 0 Å². The lowest BCUT2D eigenvalue weighted by Crippen LogP contribution is -2.29. The van der Waals surface area contributed by atoms with Crippen LogP contribution >= 0.6 is 11.3 Å². The highest BCUT2D eigenvalue weighted by molar-refractivity contribution is 7.19. The molecular formula is C25H26N2O6S. The zero-order chi connectivity index (χ0) is 24.7. The highest BCUT2D eigenvalue weighted by Crippen LogP contribution is 2.35. The molecule has 0 spiro atoms. The van der Waals surface area contributed by atoms with Crippen molar-refractivity contribution in [2.45, 2.75) is 20.3 Å². The van der Waals surface area contributed by atoms with Gasteiger partial charge in [0.05, 0.1) is 38.5 Å². The van der Waals surface area contributed by atoms with E-state index >= 15 is 0 Å². The second-order valence-electron chi connectivity index (χ2n) is 7.17. The number of carbonyl (C=O) groups excluding carboxylic acids is 3. The third-order valence-corrected chi connectivity index (χ3v) is 6.15. The van der Waals surface area contributed by atoms with Gasteiger partial charge in [-0.3, -0.25) is 14.4 Å². The molecule has 0 atom stereocenters. The summed E-state index contributed by atoms with van der Waals surface area (Å²) in [6.07, 6.45) is 0.0840. The number of para-hydroxylation sites is 1. The number of esters is 1. The molecule has 1 N–H and O–H groups in total. The summed E-state index contributed by atoms with van der Waals surface area (Å²) in [6, 6.07) is 16.0. The maximum absolute atomic E-state index is 13.3. The van der Waals surface area contributed by atoms with Crippen molar-refractivity contribution >= 4 is 39.8 Å². The van der Waals surface area contributed by atoms with Crippen molar-refractivity contribution in [1.29, 1.82) is 0 Å². The van der Waals surface area contributed by atoms with Gasteiger partial charge in [0.1, 0.15) is 15.6 Å². The first-order valence-corrected chi connectivity index (χ1v) is 11.4. The number of methoxy groups -OCH3 is 1. The molecule has 1 aromatic heterocycles. The second kappa shape index (κ2) is 11.4. The van der Waals surface area contributed by atoms with Crippen LogP contribution in [-0.2, 0) is 20.8 Å². The first-order valence-electron chi connectivity index (χ1n) is 10.6. The number of hydroxylamine groups is 1. The minimum absolute atomic E-state index is 0.0840. The summed E-state index contributed by atoms with van der Waals surface area (Å²) in [4.78, 5) is 44.4. The van der Waals surface area contributed by atoms with Crippen LogP contribution in [0.4, 0.5) is 10.7 Å². The van der Waals surface area contributed by atoms with E-state index in [1.165, 1.54) is 7.11 Å². The molecule has 3 aromatic rings. The Morgan fingerprint density at radius 3 is 2.26 bits per heavy atom. The molecule has 0 saturated carbocycles. The SMILES string of the molecule is CCOC(=O)c1c(NC(=O)Cc2ccc(OC)cc2)sc(C(=O)N(OC)c2ccccc2)c1C. The van der Waals surface area contributed by atoms with Gasteiger partial charge in [0.2, 0.25) is 5.91 Å². The third-order valence-electron chi connectivity index (χ3n) is 4.95. The lowest BCUT2D eigenvalue weighted by molar-refractivity contribution is -0.115. The first kappa shape index (κ1) is 24.9. The number of rotatable bonds is 9. The molecular weight excluding hydrogens is 456 g/mol. The normalized spacial score (nSPS) is 10.5. The van der Waals surface area contributed by atoms with Crippen molar-refractivity contribution in [2.75, 3.05) is 31.2 Å². The van der Waals surface area contributed by atoms with Crippen LogP contribution in [0.25, 0.3) is 0 Å². The Balaban J connectivity index is 1.91. The number of hydrogen-bond acceptors (Lipinski definition) is 7. The van der Waals surface area contributed by atoms with Gasteiger partial charge in [-0.15, -0.1) is 11.3 Å². The molecule has 0 bridgehead atoms. The highest BCUT2D eigenvalue weighted by atomic mass is 32.1. The lowest BCUT2D eigenvalue weighted by atomic mass is 10.1. The Labute approximate surface area is 202 Å². The van der Waals surface area contributed by atoms with E-state index in [2.05, 4.69) is 5.32 Å². The number of carbonyl (C=O) groups is 3. The minimum Gasteiger partial charge on any atom is -0.497 e. The van der Waals surface area contributed by atoms with Gasteiger partial charge in [-0.25, -0.2) is 4.79 Å². The molecule has 0 saturated heterocycles. The highest BCUT2D eigenvalue weighted by Gasteiger charge is 2.29. The van der Waals surface area contributed by atoms with Crippen LogP contribution in [0, 0.1) is 6.92 Å². The number of benzene rings is 2. The number of nitrogens with zero attached hydrogens (tertiary/aromatic N) is 1. The smallest absolute Gasteiger partial charge is 0.341 e. The van der Waals surface area contributed by atoms with Crippen molar-refractivity contribution in [3.8, 4) is 5.75 Å². The quantitative estimate of drug-likeness (QED) is 0.353. The number of nitrogens with one attached hydrogen (secondary N) is 1. The second-order valence-corrected chi connectivity index (χ2v) is 8.19. The van der Waals surface area contributed by atoms with Crippen LogP contribution in [0.2, 0.25) is 0 Å². The molecule has 8 nitrogen and oxygen atoms in total. The molecule has 0 fully saturated rings. The van der Waals surface area contributed by atoms with Crippen molar-refractivity contribution in [1.82, 2.24) is 0 Å². The average Bonchev–Trinajstić information content (AvgIpc) is 3.16. The van der Waals surface area contributed by atoms with E-state index < -0.39 is 11.9 Å². The Hall–Kier alpha value is -3.69. The molecule has 1 heterocycles. The van der Waals surface area contributed by atoms with Gasteiger partial charge < -0.3 is 14.8 Å². The fraction of sp³-hybridized carbons (Fsp3) is 0.240. The summed E-state index contributed by atoms with van der Waals surface area (Å²) in [7, 11) is 2.96. The summed E-state index contributed by atoms with van der Waals surface area (Å²) in [5.74, 6) is -0.717. The standard InChI is InChI=1S/C25H26N2O6S/c1-5-33-25(30)21-16(2)22(24(29)27(32-4)18-9-7-6-8-10-18)34-23(21)26-20(28)15-17-11-13-19(31-3)14-12-17/h6-14H,5,15H2,1-4H3,(H,26,28). The molecule has 2 aromatic carbocycles. The molecule has 0 radical (unpaired) electrons. The lowest BCUT2D eigenvalue weighted by Gasteiger charge is -2.19. The summed E-state index contributed by atoms with van der Waals surface area (Å²) < 4.78 is 10.3. The van der Waals surface area contributed by atoms with Crippen molar-refractivity contribution in [2.24, 2.45) is 0 Å². The van der Waals surface area contributed by atoms with Crippen LogP contribution in [-0.4, -0.2) is 38.6 Å². The number of ether oxygens (including phenoxy) is 2. The fourth-order valence-electron chi connectivity index (χ4n) is 3.32. The molecule has 9 heteroatoms. The van der Waals surface area contributed by atoms with Gasteiger partial charge in [-0.2, -0.15) is 5.06 Å². The number of hydrogen-bond donors (Lipinski definition) is 1. The Morgan fingerprint density at radius 2 is 1.68 bits per heavy atom. The summed E-state index contributed by atoms with van der Waals surface area (Å²) in [5, 5.41) is 4.16. The Morgan fingerprint density at radius 1 is 1.00 bits per heavy atom.